The Labute approximate surface area is 763 Å². The van der Waals surface area contributed by atoms with Crippen molar-refractivity contribution in [1.29, 1.82) is 0 Å². The number of pyridine rings is 3. The predicted molar refractivity (Wildman–Crippen MR) is 554 cm³/mol. The molecule has 31 rings (SSSR count). The van der Waals surface area contributed by atoms with Gasteiger partial charge in [-0.2, -0.15) is 0 Å². The van der Waals surface area contributed by atoms with E-state index in [1.54, 1.807) is 0 Å². The summed E-state index contributed by atoms with van der Waals surface area (Å²) < 4.78 is 31.7. The van der Waals surface area contributed by atoms with Crippen LogP contribution in [0.5, 0.6) is 0 Å². The smallest absolute Gasteiger partial charge is 0.152 e. The van der Waals surface area contributed by atoms with Crippen molar-refractivity contribution in [2.24, 2.45) is 0 Å². The first-order valence-electron chi connectivity index (χ1n) is 45.7. The monoisotopic (exact) mass is 1710 g/mol. The van der Waals surface area contributed by atoms with Gasteiger partial charge >= 0.3 is 0 Å². The molecular weight excluding hydrogens is 1640 g/mol. The average molecular weight is 1710 g/mol. The first kappa shape index (κ1) is 74.2. The summed E-state index contributed by atoms with van der Waals surface area (Å²) in [5, 5.41) is 25.7. The second kappa shape index (κ2) is 28.1. The number of hydrogen-bond acceptors (Lipinski definition) is 7. The molecule has 0 unspecified atom stereocenters. The molecule has 20 aromatic carbocycles. The minimum absolute atomic E-state index is 0.0316. The van der Waals surface area contributed by atoms with Gasteiger partial charge in [0.2, 0.25) is 0 Å². The van der Waals surface area contributed by atoms with Gasteiger partial charge in [-0.25, -0.2) is 15.0 Å². The Bertz CT molecular complexity index is 10400. The van der Waals surface area contributed by atoms with Gasteiger partial charge in [0.25, 0.3) is 0 Å². The van der Waals surface area contributed by atoms with Crippen LogP contribution in [-0.4, -0.2) is 28.2 Å². The Kier molecular flexibility index (Phi) is 15.6. The van der Waals surface area contributed by atoms with Gasteiger partial charge in [-0.3, -0.25) is 13.2 Å². The van der Waals surface area contributed by atoms with Crippen LogP contribution in [0.1, 0.15) is 25.0 Å². The van der Waals surface area contributed by atoms with E-state index in [4.69, 9.17) is 32.6 Å². The Balaban J connectivity index is 0.0000000980. The van der Waals surface area contributed by atoms with E-state index in [1.807, 2.05) is 48.5 Å². The Hall–Kier alpha value is -17.7. The van der Waals surface area contributed by atoms with Gasteiger partial charge in [-0.15, -0.1) is 0 Å². The van der Waals surface area contributed by atoms with E-state index in [0.717, 1.165) is 170 Å². The van der Waals surface area contributed by atoms with Crippen LogP contribution in [-0.2, 0) is 5.41 Å². The van der Waals surface area contributed by atoms with E-state index >= 15 is 0 Å². The third-order valence-corrected chi connectivity index (χ3v) is 28.7. The molecule has 1 aliphatic carbocycles. The summed E-state index contributed by atoms with van der Waals surface area (Å²) in [7, 11) is 0. The molecule has 0 fully saturated rings. The molecule has 624 valence electrons. The highest BCUT2D eigenvalue weighted by molar-refractivity contribution is 6.28. The molecule has 0 aliphatic heterocycles. The Morgan fingerprint density at radius 1 is 0.187 bits per heavy atom. The highest BCUT2D eigenvalue weighted by Crippen LogP contribution is 2.52. The van der Waals surface area contributed by atoms with Crippen LogP contribution in [0.25, 0.3) is 280 Å². The van der Waals surface area contributed by atoms with Crippen LogP contribution in [0.15, 0.2) is 431 Å². The van der Waals surface area contributed by atoms with Crippen LogP contribution in [0.4, 0.5) is 0 Å². The van der Waals surface area contributed by atoms with Crippen molar-refractivity contribution < 1.29 is 17.7 Å². The summed E-state index contributed by atoms with van der Waals surface area (Å²) in [6.45, 7) is 4.69. The lowest BCUT2D eigenvalue weighted by Gasteiger charge is -2.22. The maximum Gasteiger partial charge on any atom is 0.152 e. The molecule has 30 aromatic rings. The summed E-state index contributed by atoms with van der Waals surface area (Å²) in [5.41, 5.74) is 33.6. The molecule has 134 heavy (non-hydrogen) atoms. The number of para-hydroxylation sites is 4. The first-order valence-corrected chi connectivity index (χ1v) is 45.7. The lowest BCUT2D eigenvalue weighted by atomic mass is 9.81. The Morgan fingerprint density at radius 2 is 0.500 bits per heavy atom. The van der Waals surface area contributed by atoms with Crippen molar-refractivity contribution in [1.82, 2.24) is 28.2 Å². The predicted octanol–water partition coefficient (Wildman–Crippen LogP) is 33.8. The number of furan rings is 4. The Morgan fingerprint density at radius 3 is 0.978 bits per heavy atom. The SMILES string of the molecule is CC1(C)c2ccccc2-c2ccc(-c3ccc4c(c3)c3ccccc3c3nc5cc6c(cn5c43)oc3ccccc36)cc21.c1cc(-c2ccc3c(c2)oc2ccccc23)cc(-c2ccc3c(c2)c2ccccc2c2nc4cc5c(cn4c32)oc2ccccc25)c1.c1ccc2c(-c3ccc(-c4ccc5c(c4)c4ccccc4c4nc6cc7c(cn6c54)oc4ccccc47)cc3)cccc2c1. The number of nitrogens with zero attached hydrogens (tertiary/aromatic N) is 6. The molecule has 10 nitrogen and oxygen atoms in total. The summed E-state index contributed by atoms with van der Waals surface area (Å²) in [4.78, 5) is 15.6. The van der Waals surface area contributed by atoms with Crippen LogP contribution >= 0.6 is 0 Å². The standard InChI is InChI=1S/C43H24N2O2.C41H24N2O.C40H26N2O/c1-2-13-33-29(10-1)35-21-27(25-8-7-9-26(20-25)28-16-18-32-30-11-3-5-14-37(30)46-39(32)22-28)17-19-34(35)43-42(33)44-41-23-36-31-12-4-6-15-38(31)47-40(36)24-45(41)43;1-2-10-29-26(8-1)9-7-14-30(29)27-18-16-25(17-19-27)28-20-21-34-35(22-28)31-11-3-4-13-33(31)40-41(34)43-24-38-36(23-39(43)42-40)32-12-5-6-15-37(32)44-38;1-40(2)33-13-7-5-10-26(33)27-17-15-24(20-34(27)40)23-16-18-30-31(19-23)25-9-3-4-12-29(25)38-39(30)42-22-36-32(21-37(42)41-38)28-11-6-8-14-35(28)43-36/h1-24H;1-24H;3-22H,1-2H3. The zero-order valence-corrected chi connectivity index (χ0v) is 72.6. The molecule has 0 atom stereocenters. The van der Waals surface area contributed by atoms with Crippen LogP contribution < -0.4 is 0 Å². The molecule has 10 heterocycles. The number of hydrogen-bond donors (Lipinski definition) is 0. The number of imidazole rings is 3. The number of rotatable bonds is 5. The minimum Gasteiger partial charge on any atom is -0.456 e. The maximum absolute atomic E-state index is 6.29. The van der Waals surface area contributed by atoms with Gasteiger partial charge in [-0.05, 0) is 206 Å². The normalized spacial score (nSPS) is 12.8. The maximum atomic E-state index is 6.29. The van der Waals surface area contributed by atoms with Crippen molar-refractivity contribution in [2.45, 2.75) is 19.3 Å². The topological polar surface area (TPSA) is 104 Å². The summed E-state index contributed by atoms with van der Waals surface area (Å²) in [6.07, 6.45) is 6.32. The number of benzene rings is 20. The highest BCUT2D eigenvalue weighted by atomic mass is 16.3. The zero-order valence-electron chi connectivity index (χ0n) is 72.6. The third-order valence-electron chi connectivity index (χ3n) is 28.7. The largest absolute Gasteiger partial charge is 0.456 e. The second-order valence-corrected chi connectivity index (χ2v) is 36.4. The molecule has 0 N–H and O–H groups in total. The number of fused-ring (bicyclic) bond motifs is 40. The van der Waals surface area contributed by atoms with Crippen molar-refractivity contribution in [3.63, 3.8) is 0 Å². The molecule has 0 saturated heterocycles. The second-order valence-electron chi connectivity index (χ2n) is 36.4. The van der Waals surface area contributed by atoms with Gasteiger partial charge in [0.05, 0.1) is 51.7 Å². The molecule has 0 radical (unpaired) electrons. The summed E-state index contributed by atoms with van der Waals surface area (Å²) in [6, 6.07) is 141. The molecule has 1 aliphatic rings. The van der Waals surface area contributed by atoms with Gasteiger partial charge in [0.1, 0.15) is 44.9 Å². The minimum atomic E-state index is -0.0316. The van der Waals surface area contributed by atoms with E-state index in [1.165, 1.54) is 121 Å². The molecule has 0 amide bonds. The molecular formula is C124H74N6O4. The highest BCUT2D eigenvalue weighted by Gasteiger charge is 2.36. The van der Waals surface area contributed by atoms with Crippen molar-refractivity contribution in [2.75, 3.05) is 0 Å². The van der Waals surface area contributed by atoms with Gasteiger partial charge in [0.15, 0.2) is 16.7 Å². The summed E-state index contributed by atoms with van der Waals surface area (Å²) in [5.74, 6) is 0. The fraction of sp³-hybridized carbons (Fsp3) is 0.0242. The summed E-state index contributed by atoms with van der Waals surface area (Å²) >= 11 is 0. The van der Waals surface area contributed by atoms with E-state index in [-0.39, 0.29) is 5.41 Å². The van der Waals surface area contributed by atoms with Crippen molar-refractivity contribution >= 4 is 213 Å². The quantitative estimate of drug-likeness (QED) is 0.158. The van der Waals surface area contributed by atoms with Crippen LogP contribution in [0.2, 0.25) is 0 Å². The fourth-order valence-corrected chi connectivity index (χ4v) is 22.3. The van der Waals surface area contributed by atoms with Crippen LogP contribution in [0.3, 0.4) is 0 Å². The lowest BCUT2D eigenvalue weighted by Crippen LogP contribution is -2.14. The number of aromatic nitrogens is 6. The zero-order chi connectivity index (χ0) is 87.9. The van der Waals surface area contributed by atoms with Crippen molar-refractivity contribution in [3.05, 3.63) is 424 Å². The van der Waals surface area contributed by atoms with E-state index in [2.05, 4.69) is 391 Å². The van der Waals surface area contributed by atoms with E-state index in [0.29, 0.717) is 0 Å². The van der Waals surface area contributed by atoms with Gasteiger partial charge < -0.3 is 17.7 Å². The molecule has 10 aromatic heterocycles. The molecule has 0 spiro atoms. The fourth-order valence-electron chi connectivity index (χ4n) is 22.3. The lowest BCUT2D eigenvalue weighted by molar-refractivity contribution is 0.660. The third kappa shape index (κ3) is 11.0. The van der Waals surface area contributed by atoms with E-state index in [9.17, 15) is 0 Å². The van der Waals surface area contributed by atoms with Crippen molar-refractivity contribution in [3.8, 4) is 66.8 Å². The first-order chi connectivity index (χ1) is 66.1. The average Bonchev–Trinajstić information content (AvgIpc) is 1.55. The van der Waals surface area contributed by atoms with Gasteiger partial charge in [-0.1, -0.05) is 323 Å². The van der Waals surface area contributed by atoms with Crippen LogP contribution in [0, 0.1) is 0 Å². The van der Waals surface area contributed by atoms with E-state index < -0.39 is 0 Å². The van der Waals surface area contributed by atoms with Gasteiger partial charge in [0, 0.05) is 80.8 Å². The molecule has 10 heteroatoms. The molecule has 0 bridgehead atoms. The molecule has 0 saturated carbocycles.